The van der Waals surface area contributed by atoms with Crippen LogP contribution in [0.4, 0.5) is 5.69 Å². The third-order valence-corrected chi connectivity index (χ3v) is 5.04. The molecule has 0 saturated heterocycles. The SMILES string of the molecule is COc1ccc(C2NC(=O)c3cccc4c3N2CCC4N=O)cc1C. The third kappa shape index (κ3) is 2.36. The van der Waals surface area contributed by atoms with E-state index in [1.165, 1.54) is 0 Å². The number of carbonyl (C=O) groups excluding carboxylic acids is 1. The van der Waals surface area contributed by atoms with Gasteiger partial charge in [-0.2, -0.15) is 4.91 Å². The van der Waals surface area contributed by atoms with E-state index in [1.54, 1.807) is 13.2 Å². The van der Waals surface area contributed by atoms with Gasteiger partial charge in [0.25, 0.3) is 5.91 Å². The fraction of sp³-hybridized carbons (Fsp3) is 0.316. The molecule has 0 saturated carbocycles. The Bertz CT molecular complexity index is 865. The summed E-state index contributed by atoms with van der Waals surface area (Å²) >= 11 is 0. The molecule has 1 amide bonds. The van der Waals surface area contributed by atoms with Crippen LogP contribution in [-0.2, 0) is 0 Å². The van der Waals surface area contributed by atoms with E-state index in [2.05, 4.69) is 15.4 Å². The van der Waals surface area contributed by atoms with Crippen LogP contribution in [0.1, 0.15) is 45.7 Å². The monoisotopic (exact) mass is 337 g/mol. The molecule has 0 bridgehead atoms. The molecular weight excluding hydrogens is 318 g/mol. The molecule has 2 aromatic rings. The average molecular weight is 337 g/mol. The van der Waals surface area contributed by atoms with Gasteiger partial charge in [0.15, 0.2) is 0 Å². The van der Waals surface area contributed by atoms with Gasteiger partial charge < -0.3 is 15.0 Å². The first-order chi connectivity index (χ1) is 12.1. The van der Waals surface area contributed by atoms with Crippen LogP contribution in [0.15, 0.2) is 41.6 Å². The van der Waals surface area contributed by atoms with Crippen molar-refractivity contribution >= 4 is 11.6 Å². The van der Waals surface area contributed by atoms with Crippen molar-refractivity contribution < 1.29 is 9.53 Å². The maximum atomic E-state index is 12.6. The van der Waals surface area contributed by atoms with Crippen LogP contribution < -0.4 is 15.0 Å². The number of benzene rings is 2. The lowest BCUT2D eigenvalue weighted by Gasteiger charge is -2.43. The Kier molecular flexibility index (Phi) is 3.67. The fourth-order valence-corrected chi connectivity index (χ4v) is 3.85. The zero-order chi connectivity index (χ0) is 17.6. The smallest absolute Gasteiger partial charge is 0.255 e. The highest BCUT2D eigenvalue weighted by atomic mass is 16.5. The molecule has 2 aliphatic rings. The Morgan fingerprint density at radius 2 is 2.12 bits per heavy atom. The van der Waals surface area contributed by atoms with Gasteiger partial charge in [0.1, 0.15) is 18.0 Å². The van der Waals surface area contributed by atoms with Crippen molar-refractivity contribution in [2.45, 2.75) is 25.6 Å². The second-order valence-corrected chi connectivity index (χ2v) is 6.45. The molecule has 4 rings (SSSR count). The minimum Gasteiger partial charge on any atom is -0.496 e. The van der Waals surface area contributed by atoms with Gasteiger partial charge >= 0.3 is 0 Å². The Hall–Kier alpha value is -2.89. The van der Waals surface area contributed by atoms with Crippen molar-refractivity contribution in [1.29, 1.82) is 0 Å². The van der Waals surface area contributed by atoms with Crippen molar-refractivity contribution in [1.82, 2.24) is 5.32 Å². The van der Waals surface area contributed by atoms with Crippen molar-refractivity contribution in [3.63, 3.8) is 0 Å². The summed E-state index contributed by atoms with van der Waals surface area (Å²) in [5, 5.41) is 6.34. The number of carbonyl (C=O) groups is 1. The van der Waals surface area contributed by atoms with E-state index in [0.29, 0.717) is 18.5 Å². The minimum atomic E-state index is -0.393. The van der Waals surface area contributed by atoms with E-state index in [9.17, 15) is 9.70 Å². The molecule has 0 spiro atoms. The molecule has 0 radical (unpaired) electrons. The van der Waals surface area contributed by atoms with Gasteiger partial charge in [0.2, 0.25) is 0 Å². The summed E-state index contributed by atoms with van der Waals surface area (Å²) in [6.45, 7) is 2.64. The predicted octanol–water partition coefficient (Wildman–Crippen LogP) is 3.46. The predicted molar refractivity (Wildman–Crippen MR) is 94.9 cm³/mol. The van der Waals surface area contributed by atoms with Crippen LogP contribution in [0.2, 0.25) is 0 Å². The molecule has 2 atom stereocenters. The molecule has 2 aromatic carbocycles. The molecule has 0 aromatic heterocycles. The van der Waals surface area contributed by atoms with E-state index in [0.717, 1.165) is 28.1 Å². The lowest BCUT2D eigenvalue weighted by Crippen LogP contribution is -2.49. The summed E-state index contributed by atoms with van der Waals surface area (Å²) in [5.41, 5.74) is 4.28. The number of amides is 1. The van der Waals surface area contributed by atoms with Crippen molar-refractivity contribution in [2.24, 2.45) is 5.18 Å². The van der Waals surface area contributed by atoms with Crippen LogP contribution in [0.25, 0.3) is 0 Å². The molecule has 1 N–H and O–H groups in total. The quantitative estimate of drug-likeness (QED) is 0.871. The van der Waals surface area contributed by atoms with Crippen molar-refractivity contribution in [2.75, 3.05) is 18.6 Å². The van der Waals surface area contributed by atoms with Gasteiger partial charge in [-0.15, -0.1) is 0 Å². The molecule has 2 unspecified atom stereocenters. The highest BCUT2D eigenvalue weighted by molar-refractivity contribution is 6.03. The van der Waals surface area contributed by atoms with Gasteiger partial charge in [0, 0.05) is 12.1 Å². The fourth-order valence-electron chi connectivity index (χ4n) is 3.85. The maximum absolute atomic E-state index is 12.6. The summed E-state index contributed by atoms with van der Waals surface area (Å²) in [4.78, 5) is 26.0. The summed E-state index contributed by atoms with van der Waals surface area (Å²) in [6, 6.07) is 11.0. The van der Waals surface area contributed by atoms with Gasteiger partial charge in [-0.1, -0.05) is 23.4 Å². The number of anilines is 1. The van der Waals surface area contributed by atoms with E-state index < -0.39 is 6.04 Å². The van der Waals surface area contributed by atoms with Gasteiger partial charge in [0.05, 0.1) is 18.4 Å². The number of nitroso groups, excluding NO2 is 1. The first-order valence-corrected chi connectivity index (χ1v) is 8.31. The highest BCUT2D eigenvalue weighted by Gasteiger charge is 2.38. The Balaban J connectivity index is 1.82. The molecule has 0 fully saturated rings. The Labute approximate surface area is 145 Å². The Morgan fingerprint density at radius 3 is 2.84 bits per heavy atom. The standard InChI is InChI=1S/C19H19N3O3/c1-11-10-12(6-7-16(11)25-2)18-20-19(23)14-5-3-4-13-15(21-24)8-9-22(18)17(13)14/h3-7,10,15,18H,8-9H2,1-2H3,(H,20,23). The van der Waals surface area contributed by atoms with Gasteiger partial charge in [-0.05, 0) is 42.7 Å². The van der Waals surface area contributed by atoms with Crippen LogP contribution in [-0.4, -0.2) is 19.6 Å². The second kappa shape index (κ2) is 5.88. The number of nitrogens with zero attached hydrogens (tertiary/aromatic N) is 2. The maximum Gasteiger partial charge on any atom is 0.255 e. The molecule has 25 heavy (non-hydrogen) atoms. The first-order valence-electron chi connectivity index (χ1n) is 8.31. The van der Waals surface area contributed by atoms with Gasteiger partial charge in [-0.3, -0.25) is 4.79 Å². The average Bonchev–Trinajstić information content (AvgIpc) is 2.64. The normalized spacial score (nSPS) is 21.4. The number of aryl methyl sites for hydroxylation is 1. The van der Waals surface area contributed by atoms with E-state index in [1.807, 2.05) is 37.3 Å². The lowest BCUT2D eigenvalue weighted by molar-refractivity contribution is 0.0925. The number of ether oxygens (including phenoxy) is 1. The van der Waals surface area contributed by atoms with E-state index >= 15 is 0 Å². The third-order valence-electron chi connectivity index (χ3n) is 5.04. The lowest BCUT2D eigenvalue weighted by atomic mass is 9.90. The summed E-state index contributed by atoms with van der Waals surface area (Å²) in [6.07, 6.45) is 0.375. The largest absolute Gasteiger partial charge is 0.496 e. The molecule has 2 aliphatic heterocycles. The molecule has 128 valence electrons. The van der Waals surface area contributed by atoms with Crippen LogP contribution >= 0.6 is 0 Å². The number of hydrogen-bond donors (Lipinski definition) is 1. The number of para-hydroxylation sites is 1. The summed E-state index contributed by atoms with van der Waals surface area (Å²) < 4.78 is 5.33. The highest BCUT2D eigenvalue weighted by Crippen LogP contribution is 2.44. The second-order valence-electron chi connectivity index (χ2n) is 6.45. The molecule has 6 nitrogen and oxygen atoms in total. The van der Waals surface area contributed by atoms with Crippen LogP contribution in [0.5, 0.6) is 5.75 Å². The minimum absolute atomic E-state index is 0.127. The van der Waals surface area contributed by atoms with Crippen LogP contribution in [0, 0.1) is 11.8 Å². The Morgan fingerprint density at radius 1 is 1.28 bits per heavy atom. The first kappa shape index (κ1) is 15.6. The van der Waals surface area contributed by atoms with Gasteiger partial charge in [-0.25, -0.2) is 0 Å². The molecule has 2 heterocycles. The van der Waals surface area contributed by atoms with E-state index in [-0.39, 0.29) is 12.1 Å². The number of hydrogen-bond acceptors (Lipinski definition) is 5. The topological polar surface area (TPSA) is 71.0 Å². The van der Waals surface area contributed by atoms with E-state index in [4.69, 9.17) is 4.74 Å². The number of rotatable bonds is 3. The zero-order valence-electron chi connectivity index (χ0n) is 14.2. The van der Waals surface area contributed by atoms with Crippen LogP contribution in [0.3, 0.4) is 0 Å². The zero-order valence-corrected chi connectivity index (χ0v) is 14.2. The molecular formula is C19H19N3O3. The number of nitrogens with one attached hydrogen (secondary N) is 1. The summed E-state index contributed by atoms with van der Waals surface area (Å²) in [7, 11) is 1.64. The van der Waals surface area contributed by atoms with Crippen molar-refractivity contribution in [3.05, 3.63) is 63.6 Å². The molecule has 0 aliphatic carbocycles. The number of methoxy groups -OCH3 is 1. The molecule has 6 heteroatoms. The van der Waals surface area contributed by atoms with Crippen molar-refractivity contribution in [3.8, 4) is 5.75 Å². The summed E-state index contributed by atoms with van der Waals surface area (Å²) in [5.74, 6) is 0.689.